The number of rotatable bonds is 6. The van der Waals surface area contributed by atoms with Gasteiger partial charge < -0.3 is 9.84 Å². The van der Waals surface area contributed by atoms with Crippen molar-refractivity contribution in [3.05, 3.63) is 94.0 Å². The van der Waals surface area contributed by atoms with Crippen molar-refractivity contribution in [2.45, 2.75) is 19.3 Å². The summed E-state index contributed by atoms with van der Waals surface area (Å²) in [6.07, 6.45) is 0.852. The minimum Gasteiger partial charge on any atom is -0.508 e. The molecule has 0 aliphatic carbocycles. The van der Waals surface area contributed by atoms with Crippen LogP contribution in [0.1, 0.15) is 24.0 Å². The summed E-state index contributed by atoms with van der Waals surface area (Å²) in [7, 11) is 0. The molecular formula is C21H19NO4. The van der Waals surface area contributed by atoms with Crippen molar-refractivity contribution in [2.24, 2.45) is 0 Å². The number of ether oxygens (including phenoxy) is 1. The Hall–Kier alpha value is -3.34. The first-order valence-corrected chi connectivity index (χ1v) is 8.32. The molecule has 5 nitrogen and oxygen atoms in total. The Morgan fingerprint density at radius 2 is 1.65 bits per heavy atom. The molecule has 5 heteroatoms. The van der Waals surface area contributed by atoms with Crippen molar-refractivity contribution in [1.82, 2.24) is 0 Å². The van der Waals surface area contributed by atoms with Crippen molar-refractivity contribution in [2.75, 3.05) is 0 Å². The predicted molar refractivity (Wildman–Crippen MR) is 99.8 cm³/mol. The highest BCUT2D eigenvalue weighted by atomic mass is 16.6. The Bertz CT molecular complexity index is 889. The normalized spacial score (nSPS) is 11.7. The molecule has 0 radical (unpaired) electrons. The number of phenolic OH excluding ortho intramolecular Hbond substituents is 1. The summed E-state index contributed by atoms with van der Waals surface area (Å²) in [5.41, 5.74) is 2.24. The first-order valence-electron chi connectivity index (χ1n) is 8.32. The van der Waals surface area contributed by atoms with E-state index in [2.05, 4.69) is 6.92 Å². The molecule has 3 aromatic rings. The van der Waals surface area contributed by atoms with E-state index in [4.69, 9.17) is 4.74 Å². The molecule has 0 spiro atoms. The van der Waals surface area contributed by atoms with E-state index >= 15 is 0 Å². The van der Waals surface area contributed by atoms with Gasteiger partial charge in [-0.2, -0.15) is 0 Å². The fourth-order valence-corrected chi connectivity index (χ4v) is 2.79. The van der Waals surface area contributed by atoms with Crippen LogP contribution in [-0.4, -0.2) is 10.0 Å². The van der Waals surface area contributed by atoms with Crippen LogP contribution in [0.25, 0.3) is 0 Å². The molecule has 1 N–H and O–H groups in total. The number of hydrogen-bond acceptors (Lipinski definition) is 4. The van der Waals surface area contributed by atoms with Gasteiger partial charge >= 0.3 is 5.69 Å². The van der Waals surface area contributed by atoms with Gasteiger partial charge in [0.15, 0.2) is 0 Å². The molecule has 0 bridgehead atoms. The molecule has 0 amide bonds. The van der Waals surface area contributed by atoms with Gasteiger partial charge in [0, 0.05) is 6.07 Å². The van der Waals surface area contributed by atoms with Crippen LogP contribution in [0, 0.1) is 10.1 Å². The molecule has 0 saturated heterocycles. The number of hydrogen-bond donors (Lipinski definition) is 1. The molecule has 0 saturated carbocycles. The first-order chi connectivity index (χ1) is 12.5. The van der Waals surface area contributed by atoms with Crippen LogP contribution < -0.4 is 4.74 Å². The summed E-state index contributed by atoms with van der Waals surface area (Å²) < 4.78 is 5.67. The molecule has 1 atom stereocenters. The fraction of sp³-hybridized carbons (Fsp3) is 0.143. The van der Waals surface area contributed by atoms with Gasteiger partial charge in [0.25, 0.3) is 0 Å². The molecule has 26 heavy (non-hydrogen) atoms. The second-order valence-electron chi connectivity index (χ2n) is 6.17. The molecule has 132 valence electrons. The largest absolute Gasteiger partial charge is 0.508 e. The van der Waals surface area contributed by atoms with E-state index in [1.165, 1.54) is 6.07 Å². The van der Waals surface area contributed by atoms with Gasteiger partial charge in [-0.25, -0.2) is 0 Å². The Kier molecular flexibility index (Phi) is 5.17. The lowest BCUT2D eigenvalue weighted by Crippen LogP contribution is -1.98. The highest BCUT2D eigenvalue weighted by Gasteiger charge is 2.14. The van der Waals surface area contributed by atoms with Gasteiger partial charge in [-0.3, -0.25) is 10.1 Å². The third kappa shape index (κ3) is 4.19. The fourth-order valence-electron chi connectivity index (χ4n) is 2.79. The molecular weight excluding hydrogens is 330 g/mol. The molecule has 0 aliphatic rings. The quantitative estimate of drug-likeness (QED) is 0.475. The molecule has 0 aliphatic heterocycles. The zero-order chi connectivity index (χ0) is 18.5. The van der Waals surface area contributed by atoms with Crippen LogP contribution >= 0.6 is 0 Å². The Morgan fingerprint density at radius 1 is 1.00 bits per heavy atom. The standard InChI is InChI=1S/C21H19NO4/c1-15(14-16-6-10-18(23)11-7-16)17-8-12-19(13-9-17)26-21-5-3-2-4-20(21)22(24)25/h2-13,15,23H,14H2,1H3. The van der Waals surface area contributed by atoms with Crippen LogP contribution in [0.3, 0.4) is 0 Å². The maximum atomic E-state index is 11.1. The van der Waals surface area contributed by atoms with E-state index in [0.717, 1.165) is 17.5 Å². The summed E-state index contributed by atoms with van der Waals surface area (Å²) in [6, 6.07) is 21.1. The summed E-state index contributed by atoms with van der Waals surface area (Å²) >= 11 is 0. The molecule has 0 fully saturated rings. The number of benzene rings is 3. The maximum Gasteiger partial charge on any atom is 0.311 e. The number of nitrogens with zero attached hydrogens (tertiary/aromatic N) is 1. The van der Waals surface area contributed by atoms with E-state index < -0.39 is 4.92 Å². The summed E-state index contributed by atoms with van der Waals surface area (Å²) in [5.74, 6) is 1.33. The number of aromatic hydroxyl groups is 1. The number of phenols is 1. The molecule has 1 unspecified atom stereocenters. The van der Waals surface area contributed by atoms with Crippen molar-refractivity contribution >= 4 is 5.69 Å². The van der Waals surface area contributed by atoms with E-state index in [-0.39, 0.29) is 17.2 Å². The van der Waals surface area contributed by atoms with Gasteiger partial charge in [-0.1, -0.05) is 43.3 Å². The highest BCUT2D eigenvalue weighted by Crippen LogP contribution is 2.31. The average molecular weight is 349 g/mol. The van der Waals surface area contributed by atoms with E-state index in [1.807, 2.05) is 36.4 Å². The molecule has 0 aromatic heterocycles. The van der Waals surface area contributed by atoms with Crippen LogP contribution in [0.15, 0.2) is 72.8 Å². The van der Waals surface area contributed by atoms with Crippen molar-refractivity contribution in [3.8, 4) is 17.2 Å². The lowest BCUT2D eigenvalue weighted by molar-refractivity contribution is -0.385. The Balaban J connectivity index is 1.70. The lowest BCUT2D eigenvalue weighted by Gasteiger charge is -2.13. The van der Waals surface area contributed by atoms with Crippen LogP contribution in [-0.2, 0) is 6.42 Å². The average Bonchev–Trinajstić information content (AvgIpc) is 2.64. The number of para-hydroxylation sites is 2. The minimum absolute atomic E-state index is 0.0581. The minimum atomic E-state index is -0.455. The van der Waals surface area contributed by atoms with E-state index in [9.17, 15) is 15.2 Å². The summed E-state index contributed by atoms with van der Waals surface area (Å²) in [4.78, 5) is 10.6. The predicted octanol–water partition coefficient (Wildman–Crippen LogP) is 5.44. The third-order valence-electron chi connectivity index (χ3n) is 4.22. The molecule has 3 rings (SSSR count). The zero-order valence-electron chi connectivity index (χ0n) is 14.3. The number of nitro groups is 1. The van der Waals surface area contributed by atoms with Crippen LogP contribution in [0.4, 0.5) is 5.69 Å². The van der Waals surface area contributed by atoms with Crippen molar-refractivity contribution in [3.63, 3.8) is 0 Å². The van der Waals surface area contributed by atoms with Crippen LogP contribution in [0.2, 0.25) is 0 Å². The Labute approximate surface area is 151 Å². The second-order valence-corrected chi connectivity index (χ2v) is 6.17. The van der Waals surface area contributed by atoms with Gasteiger partial charge in [0.2, 0.25) is 5.75 Å². The van der Waals surface area contributed by atoms with E-state index in [0.29, 0.717) is 11.7 Å². The zero-order valence-corrected chi connectivity index (χ0v) is 14.3. The number of nitro benzene ring substituents is 1. The maximum absolute atomic E-state index is 11.1. The SMILES string of the molecule is CC(Cc1ccc(O)cc1)c1ccc(Oc2ccccc2[N+](=O)[O-])cc1. The molecule has 3 aromatic carbocycles. The van der Waals surface area contributed by atoms with Gasteiger partial charge in [0.1, 0.15) is 11.5 Å². The van der Waals surface area contributed by atoms with Gasteiger partial charge in [-0.05, 0) is 53.8 Å². The summed E-state index contributed by atoms with van der Waals surface area (Å²) in [5, 5.41) is 20.4. The first kappa shape index (κ1) is 17.5. The topological polar surface area (TPSA) is 72.6 Å². The molecule has 0 heterocycles. The van der Waals surface area contributed by atoms with Crippen molar-refractivity contribution in [1.29, 1.82) is 0 Å². The second kappa shape index (κ2) is 7.70. The monoisotopic (exact) mass is 349 g/mol. The van der Waals surface area contributed by atoms with Gasteiger partial charge in [0.05, 0.1) is 4.92 Å². The van der Waals surface area contributed by atoms with Crippen molar-refractivity contribution < 1.29 is 14.8 Å². The smallest absolute Gasteiger partial charge is 0.311 e. The van der Waals surface area contributed by atoms with Gasteiger partial charge in [-0.15, -0.1) is 0 Å². The third-order valence-corrected chi connectivity index (χ3v) is 4.22. The van der Waals surface area contributed by atoms with E-state index in [1.54, 1.807) is 30.3 Å². The van der Waals surface area contributed by atoms with Crippen LogP contribution in [0.5, 0.6) is 17.2 Å². The Morgan fingerprint density at radius 3 is 2.31 bits per heavy atom. The lowest BCUT2D eigenvalue weighted by atomic mass is 9.94. The highest BCUT2D eigenvalue weighted by molar-refractivity contribution is 5.48. The summed E-state index contributed by atoms with van der Waals surface area (Å²) in [6.45, 7) is 2.13.